The zero-order chi connectivity index (χ0) is 18.1. The van der Waals surface area contributed by atoms with Crippen molar-refractivity contribution in [1.82, 2.24) is 10.3 Å². The van der Waals surface area contributed by atoms with E-state index < -0.39 is 17.9 Å². The lowest BCUT2D eigenvalue weighted by Gasteiger charge is -2.14. The van der Waals surface area contributed by atoms with Crippen LogP contribution in [0.15, 0.2) is 48.8 Å². The van der Waals surface area contributed by atoms with Gasteiger partial charge in [-0.05, 0) is 48.4 Å². The van der Waals surface area contributed by atoms with Gasteiger partial charge >= 0.3 is 5.97 Å². The Labute approximate surface area is 146 Å². The van der Waals surface area contributed by atoms with E-state index in [0.717, 1.165) is 18.4 Å². The van der Waals surface area contributed by atoms with Crippen molar-refractivity contribution in [1.29, 1.82) is 0 Å². The fraction of sp³-hybridized carbons (Fsp3) is 0.316. The minimum atomic E-state index is -1.01. The van der Waals surface area contributed by atoms with Crippen LogP contribution in [0.4, 0.5) is 0 Å². The van der Waals surface area contributed by atoms with Gasteiger partial charge < -0.3 is 15.2 Å². The fourth-order valence-electron chi connectivity index (χ4n) is 2.26. The topological polar surface area (TPSA) is 88.5 Å². The van der Waals surface area contributed by atoms with Gasteiger partial charge in [0.05, 0.1) is 0 Å². The molecule has 0 bridgehead atoms. The number of amides is 1. The molecule has 0 aliphatic carbocycles. The third kappa shape index (κ3) is 5.91. The number of carboxylic acid groups (broad SMARTS) is 1. The Bertz CT molecular complexity index is 686. The van der Waals surface area contributed by atoms with Crippen molar-refractivity contribution in [2.45, 2.75) is 38.8 Å². The number of hydrogen-bond donors (Lipinski definition) is 2. The number of aromatic nitrogens is 1. The molecule has 0 fully saturated rings. The average molecular weight is 342 g/mol. The van der Waals surface area contributed by atoms with Crippen LogP contribution in [-0.2, 0) is 11.4 Å². The van der Waals surface area contributed by atoms with E-state index in [4.69, 9.17) is 4.74 Å². The van der Waals surface area contributed by atoms with Crippen molar-refractivity contribution in [2.75, 3.05) is 0 Å². The standard InChI is InChI=1S/C19H22N2O4/c1-2-3-4-17(19(23)24)21-18(22)15-5-7-16(8-6-15)25-13-14-9-11-20-12-10-14/h5-12,17H,2-4,13H2,1H3,(H,21,22)(H,23,24). The molecule has 1 amide bonds. The first kappa shape index (κ1) is 18.4. The first-order chi connectivity index (χ1) is 12.1. The van der Waals surface area contributed by atoms with Crippen molar-refractivity contribution in [3.05, 3.63) is 59.9 Å². The zero-order valence-electron chi connectivity index (χ0n) is 14.1. The smallest absolute Gasteiger partial charge is 0.326 e. The molecule has 1 aromatic carbocycles. The molecule has 1 heterocycles. The number of ether oxygens (including phenoxy) is 1. The van der Waals surface area contributed by atoms with Crippen molar-refractivity contribution >= 4 is 11.9 Å². The summed E-state index contributed by atoms with van der Waals surface area (Å²) in [7, 11) is 0. The van der Waals surface area contributed by atoms with Crippen LogP contribution in [-0.4, -0.2) is 28.0 Å². The number of nitrogens with one attached hydrogen (secondary N) is 1. The van der Waals surface area contributed by atoms with E-state index in [1.54, 1.807) is 36.7 Å². The highest BCUT2D eigenvalue weighted by Gasteiger charge is 2.19. The zero-order valence-corrected chi connectivity index (χ0v) is 14.1. The summed E-state index contributed by atoms with van der Waals surface area (Å²) in [5.41, 5.74) is 1.40. The molecular weight excluding hydrogens is 320 g/mol. The lowest BCUT2D eigenvalue weighted by Crippen LogP contribution is -2.40. The molecule has 0 saturated carbocycles. The molecule has 0 spiro atoms. The van der Waals surface area contributed by atoms with Crippen molar-refractivity contribution in [3.8, 4) is 5.75 Å². The molecule has 6 heteroatoms. The second-order valence-corrected chi connectivity index (χ2v) is 5.68. The second kappa shape index (κ2) is 9.42. The number of pyridine rings is 1. The number of nitrogens with zero attached hydrogens (tertiary/aromatic N) is 1. The Hall–Kier alpha value is -2.89. The van der Waals surface area contributed by atoms with E-state index in [0.29, 0.717) is 24.3 Å². The molecule has 25 heavy (non-hydrogen) atoms. The van der Waals surface area contributed by atoms with Crippen molar-refractivity contribution < 1.29 is 19.4 Å². The number of benzene rings is 1. The maximum atomic E-state index is 12.2. The molecule has 132 valence electrons. The average Bonchev–Trinajstić information content (AvgIpc) is 2.64. The van der Waals surface area contributed by atoms with Crippen LogP contribution in [0.5, 0.6) is 5.75 Å². The molecular formula is C19H22N2O4. The first-order valence-corrected chi connectivity index (χ1v) is 8.25. The normalized spacial score (nSPS) is 11.6. The largest absolute Gasteiger partial charge is 0.489 e. The Balaban J connectivity index is 1.91. The van der Waals surface area contributed by atoms with E-state index in [1.807, 2.05) is 19.1 Å². The van der Waals surface area contributed by atoms with Crippen LogP contribution in [0.3, 0.4) is 0 Å². The van der Waals surface area contributed by atoms with Crippen LogP contribution in [0.2, 0.25) is 0 Å². The van der Waals surface area contributed by atoms with Crippen LogP contribution in [0.1, 0.15) is 42.1 Å². The Morgan fingerprint density at radius 1 is 1.16 bits per heavy atom. The maximum absolute atomic E-state index is 12.2. The molecule has 0 aliphatic rings. The summed E-state index contributed by atoms with van der Waals surface area (Å²) >= 11 is 0. The molecule has 0 saturated heterocycles. The van der Waals surface area contributed by atoms with E-state index in [2.05, 4.69) is 10.3 Å². The van der Waals surface area contributed by atoms with Crippen LogP contribution in [0, 0.1) is 0 Å². The fourth-order valence-corrected chi connectivity index (χ4v) is 2.26. The highest BCUT2D eigenvalue weighted by molar-refractivity contribution is 5.96. The minimum absolute atomic E-state index is 0.399. The molecule has 1 aromatic heterocycles. The Kier molecular flexibility index (Phi) is 6.95. The quantitative estimate of drug-likeness (QED) is 0.731. The number of hydrogen-bond acceptors (Lipinski definition) is 4. The summed E-state index contributed by atoms with van der Waals surface area (Å²) in [5.74, 6) is -0.780. The summed E-state index contributed by atoms with van der Waals surface area (Å²) in [6, 6.07) is 9.49. The van der Waals surface area contributed by atoms with Crippen LogP contribution < -0.4 is 10.1 Å². The number of rotatable bonds is 9. The van der Waals surface area contributed by atoms with E-state index in [9.17, 15) is 14.7 Å². The predicted octanol–water partition coefficient (Wildman–Crippen LogP) is 3.03. The van der Waals surface area contributed by atoms with Gasteiger partial charge in [-0.2, -0.15) is 0 Å². The van der Waals surface area contributed by atoms with Crippen LogP contribution in [0.25, 0.3) is 0 Å². The summed E-state index contributed by atoms with van der Waals surface area (Å²) < 4.78 is 5.65. The van der Waals surface area contributed by atoms with E-state index >= 15 is 0 Å². The van der Waals surface area contributed by atoms with Gasteiger partial charge in [0, 0.05) is 18.0 Å². The van der Waals surface area contributed by atoms with Gasteiger partial charge in [-0.25, -0.2) is 4.79 Å². The van der Waals surface area contributed by atoms with E-state index in [1.165, 1.54) is 0 Å². The molecule has 2 rings (SSSR count). The molecule has 2 N–H and O–H groups in total. The lowest BCUT2D eigenvalue weighted by atomic mass is 10.1. The monoisotopic (exact) mass is 342 g/mol. The third-order valence-corrected chi connectivity index (χ3v) is 3.72. The van der Waals surface area contributed by atoms with Crippen molar-refractivity contribution in [2.24, 2.45) is 0 Å². The maximum Gasteiger partial charge on any atom is 0.326 e. The van der Waals surface area contributed by atoms with Crippen LogP contribution >= 0.6 is 0 Å². The minimum Gasteiger partial charge on any atom is -0.489 e. The molecule has 1 unspecified atom stereocenters. The van der Waals surface area contributed by atoms with Gasteiger partial charge in [0.2, 0.25) is 0 Å². The molecule has 1 atom stereocenters. The SMILES string of the molecule is CCCCC(NC(=O)c1ccc(OCc2ccncc2)cc1)C(=O)O. The highest BCUT2D eigenvalue weighted by atomic mass is 16.5. The summed E-state index contributed by atoms with van der Waals surface area (Å²) in [4.78, 5) is 27.3. The van der Waals surface area contributed by atoms with Gasteiger partial charge in [-0.1, -0.05) is 19.8 Å². The second-order valence-electron chi connectivity index (χ2n) is 5.68. The van der Waals surface area contributed by atoms with Gasteiger partial charge in [0.25, 0.3) is 5.91 Å². The number of carboxylic acids is 1. The summed E-state index contributed by atoms with van der Waals surface area (Å²) in [6.07, 6.45) is 5.44. The Morgan fingerprint density at radius 3 is 2.44 bits per heavy atom. The van der Waals surface area contributed by atoms with E-state index in [-0.39, 0.29) is 0 Å². The number of unbranched alkanes of at least 4 members (excludes halogenated alkanes) is 1. The van der Waals surface area contributed by atoms with Gasteiger partial charge in [0.15, 0.2) is 0 Å². The highest BCUT2D eigenvalue weighted by Crippen LogP contribution is 2.14. The summed E-state index contributed by atoms with van der Waals surface area (Å²) in [5, 5.41) is 11.7. The van der Waals surface area contributed by atoms with Crippen molar-refractivity contribution in [3.63, 3.8) is 0 Å². The number of carbonyl (C=O) groups excluding carboxylic acids is 1. The van der Waals surface area contributed by atoms with Gasteiger partial charge in [0.1, 0.15) is 18.4 Å². The molecule has 0 radical (unpaired) electrons. The summed E-state index contributed by atoms with van der Waals surface area (Å²) in [6.45, 7) is 2.39. The van der Waals surface area contributed by atoms with Gasteiger partial charge in [-0.15, -0.1) is 0 Å². The molecule has 0 aliphatic heterocycles. The first-order valence-electron chi connectivity index (χ1n) is 8.25. The number of aliphatic carboxylic acids is 1. The van der Waals surface area contributed by atoms with Gasteiger partial charge in [-0.3, -0.25) is 9.78 Å². The predicted molar refractivity (Wildman–Crippen MR) is 93.4 cm³/mol. The third-order valence-electron chi connectivity index (χ3n) is 3.72. The number of carbonyl (C=O) groups is 2. The molecule has 6 nitrogen and oxygen atoms in total. The Morgan fingerprint density at radius 2 is 1.84 bits per heavy atom. The molecule has 2 aromatic rings. The lowest BCUT2D eigenvalue weighted by molar-refractivity contribution is -0.139.